The smallest absolute Gasteiger partial charge is 0.236 e. The normalized spacial score (nSPS) is 11.1. The predicted molar refractivity (Wildman–Crippen MR) is 88.7 cm³/mol. The molecule has 6 heteroatoms. The molecule has 120 valence electrons. The number of aromatic nitrogens is 4. The summed E-state index contributed by atoms with van der Waals surface area (Å²) < 4.78 is 13.0. The quantitative estimate of drug-likeness (QED) is 0.575. The van der Waals surface area contributed by atoms with E-state index in [-0.39, 0.29) is 6.61 Å². The molecule has 0 aliphatic rings. The van der Waals surface area contributed by atoms with Gasteiger partial charge in [0.2, 0.25) is 11.7 Å². The summed E-state index contributed by atoms with van der Waals surface area (Å²) in [4.78, 5) is 8.52. The molecule has 0 fully saturated rings. The number of rotatable bonds is 4. The van der Waals surface area contributed by atoms with E-state index in [4.69, 9.17) is 9.26 Å². The van der Waals surface area contributed by atoms with E-state index >= 15 is 0 Å². The lowest BCUT2D eigenvalue weighted by Gasteiger charge is -2.07. The fourth-order valence-electron chi connectivity index (χ4n) is 2.49. The molecule has 0 radical (unpaired) electrons. The maximum atomic E-state index is 5.86. The maximum Gasteiger partial charge on any atom is 0.236 e. The summed E-state index contributed by atoms with van der Waals surface area (Å²) >= 11 is 0. The first-order valence-corrected chi connectivity index (χ1v) is 7.65. The molecule has 0 atom stereocenters. The number of imidazole rings is 1. The molecule has 0 amide bonds. The zero-order chi connectivity index (χ0) is 16.5. The SMILES string of the molecule is Cc1ccc(-c2cc(COc3cc(C)nc4nccn34)on2)cc1. The molecule has 0 saturated heterocycles. The Morgan fingerprint density at radius 2 is 1.96 bits per heavy atom. The van der Waals surface area contributed by atoms with Crippen molar-refractivity contribution in [1.29, 1.82) is 0 Å². The van der Waals surface area contributed by atoms with Gasteiger partial charge in [-0.15, -0.1) is 0 Å². The van der Waals surface area contributed by atoms with Crippen LogP contribution in [0.5, 0.6) is 5.88 Å². The van der Waals surface area contributed by atoms with Gasteiger partial charge in [-0.05, 0) is 13.8 Å². The van der Waals surface area contributed by atoms with Crippen LogP contribution in [-0.4, -0.2) is 19.5 Å². The summed E-state index contributed by atoms with van der Waals surface area (Å²) in [6.45, 7) is 4.25. The Labute approximate surface area is 138 Å². The molecule has 0 saturated carbocycles. The van der Waals surface area contributed by atoms with E-state index in [1.54, 1.807) is 10.6 Å². The van der Waals surface area contributed by atoms with E-state index in [1.807, 2.05) is 37.4 Å². The number of hydrogen-bond acceptors (Lipinski definition) is 5. The lowest BCUT2D eigenvalue weighted by molar-refractivity contribution is 0.239. The molecule has 0 N–H and O–H groups in total. The van der Waals surface area contributed by atoms with Crippen molar-refractivity contribution in [3.63, 3.8) is 0 Å². The molecule has 24 heavy (non-hydrogen) atoms. The molecule has 4 aromatic rings. The van der Waals surface area contributed by atoms with Gasteiger partial charge in [-0.3, -0.25) is 4.40 Å². The van der Waals surface area contributed by atoms with E-state index in [9.17, 15) is 0 Å². The van der Waals surface area contributed by atoms with E-state index in [2.05, 4.69) is 34.2 Å². The van der Waals surface area contributed by atoms with E-state index < -0.39 is 0 Å². The Hall–Kier alpha value is -3.15. The van der Waals surface area contributed by atoms with Crippen molar-refractivity contribution in [3.8, 4) is 17.1 Å². The van der Waals surface area contributed by atoms with Gasteiger partial charge in [0.1, 0.15) is 5.69 Å². The van der Waals surface area contributed by atoms with Crippen molar-refractivity contribution in [1.82, 2.24) is 19.5 Å². The highest BCUT2D eigenvalue weighted by Gasteiger charge is 2.10. The van der Waals surface area contributed by atoms with Crippen molar-refractivity contribution in [3.05, 3.63) is 65.8 Å². The molecule has 4 rings (SSSR count). The summed E-state index contributed by atoms with van der Waals surface area (Å²) in [5.41, 5.74) is 3.88. The van der Waals surface area contributed by atoms with Crippen LogP contribution in [0.15, 0.2) is 53.3 Å². The average molecular weight is 320 g/mol. The minimum absolute atomic E-state index is 0.287. The Kier molecular flexibility index (Phi) is 3.49. The van der Waals surface area contributed by atoms with Gasteiger partial charge < -0.3 is 9.26 Å². The molecule has 1 aromatic carbocycles. The maximum absolute atomic E-state index is 5.86. The second kappa shape index (κ2) is 5.81. The van der Waals surface area contributed by atoms with Crippen LogP contribution in [0, 0.1) is 13.8 Å². The van der Waals surface area contributed by atoms with E-state index in [1.165, 1.54) is 5.56 Å². The average Bonchev–Trinajstić information content (AvgIpc) is 3.22. The van der Waals surface area contributed by atoms with Crippen molar-refractivity contribution < 1.29 is 9.26 Å². The van der Waals surface area contributed by atoms with Crippen LogP contribution < -0.4 is 4.74 Å². The van der Waals surface area contributed by atoms with Crippen molar-refractivity contribution in [2.75, 3.05) is 0 Å². The van der Waals surface area contributed by atoms with E-state index in [0.717, 1.165) is 17.0 Å². The lowest BCUT2D eigenvalue weighted by atomic mass is 10.1. The zero-order valence-corrected chi connectivity index (χ0v) is 13.4. The van der Waals surface area contributed by atoms with Crippen molar-refractivity contribution in [2.24, 2.45) is 0 Å². The third-order valence-corrected chi connectivity index (χ3v) is 3.74. The van der Waals surface area contributed by atoms with Crippen LogP contribution in [0.2, 0.25) is 0 Å². The van der Waals surface area contributed by atoms with Gasteiger partial charge in [-0.2, -0.15) is 0 Å². The number of hydrogen-bond donors (Lipinski definition) is 0. The van der Waals surface area contributed by atoms with Gasteiger partial charge >= 0.3 is 0 Å². The third kappa shape index (κ3) is 2.74. The first-order valence-electron chi connectivity index (χ1n) is 7.65. The fraction of sp³-hybridized carbons (Fsp3) is 0.167. The predicted octanol–water partition coefficient (Wildman–Crippen LogP) is 3.58. The van der Waals surface area contributed by atoms with Gasteiger partial charge in [0.15, 0.2) is 12.4 Å². The second-order valence-corrected chi connectivity index (χ2v) is 5.67. The fourth-order valence-corrected chi connectivity index (χ4v) is 2.49. The molecule has 0 bridgehead atoms. The third-order valence-electron chi connectivity index (χ3n) is 3.74. The number of aryl methyl sites for hydroxylation is 2. The number of ether oxygens (including phenoxy) is 1. The highest BCUT2D eigenvalue weighted by atomic mass is 16.5. The zero-order valence-electron chi connectivity index (χ0n) is 13.4. The van der Waals surface area contributed by atoms with Crippen molar-refractivity contribution >= 4 is 5.78 Å². The minimum atomic E-state index is 0.287. The Morgan fingerprint density at radius 3 is 2.79 bits per heavy atom. The molecule has 0 aliphatic heterocycles. The number of nitrogens with zero attached hydrogens (tertiary/aromatic N) is 4. The lowest BCUT2D eigenvalue weighted by Crippen LogP contribution is -2.01. The van der Waals surface area contributed by atoms with Crippen LogP contribution in [0.1, 0.15) is 17.0 Å². The summed E-state index contributed by atoms with van der Waals surface area (Å²) in [5.74, 6) is 1.94. The van der Waals surface area contributed by atoms with Crippen LogP contribution in [0.3, 0.4) is 0 Å². The van der Waals surface area contributed by atoms with Crippen LogP contribution in [0.25, 0.3) is 17.0 Å². The molecule has 3 aromatic heterocycles. The first kappa shape index (κ1) is 14.4. The van der Waals surface area contributed by atoms with Crippen LogP contribution >= 0.6 is 0 Å². The number of fused-ring (bicyclic) bond motifs is 1. The Bertz CT molecular complexity index is 986. The first-order chi connectivity index (χ1) is 11.7. The van der Waals surface area contributed by atoms with Crippen molar-refractivity contribution in [2.45, 2.75) is 20.5 Å². The van der Waals surface area contributed by atoms with Gasteiger partial charge in [-0.1, -0.05) is 35.0 Å². The molecule has 0 unspecified atom stereocenters. The minimum Gasteiger partial charge on any atom is -0.470 e. The van der Waals surface area contributed by atoms with E-state index in [0.29, 0.717) is 17.4 Å². The molecule has 0 spiro atoms. The number of benzene rings is 1. The molecular formula is C18H16N4O2. The Morgan fingerprint density at radius 1 is 1.12 bits per heavy atom. The molecule has 6 nitrogen and oxygen atoms in total. The summed E-state index contributed by atoms with van der Waals surface area (Å²) in [5, 5.41) is 4.11. The van der Waals surface area contributed by atoms with Gasteiger partial charge in [0, 0.05) is 35.8 Å². The van der Waals surface area contributed by atoms with Gasteiger partial charge in [0.25, 0.3) is 0 Å². The summed E-state index contributed by atoms with van der Waals surface area (Å²) in [6, 6.07) is 11.9. The topological polar surface area (TPSA) is 65.5 Å². The molecule has 3 heterocycles. The summed E-state index contributed by atoms with van der Waals surface area (Å²) in [7, 11) is 0. The molecule has 0 aliphatic carbocycles. The highest BCUT2D eigenvalue weighted by Crippen LogP contribution is 2.21. The standard InChI is InChI=1S/C18H16N4O2/c1-12-3-5-14(6-4-12)16-10-15(24-21-16)11-23-17-9-13(2)20-18-19-7-8-22(17)18/h3-10H,11H2,1-2H3. The van der Waals surface area contributed by atoms with Gasteiger partial charge in [-0.25, -0.2) is 9.97 Å². The largest absolute Gasteiger partial charge is 0.470 e. The van der Waals surface area contributed by atoms with Crippen LogP contribution in [-0.2, 0) is 6.61 Å². The Balaban J connectivity index is 1.54. The monoisotopic (exact) mass is 320 g/mol. The van der Waals surface area contributed by atoms with Crippen LogP contribution in [0.4, 0.5) is 0 Å². The summed E-state index contributed by atoms with van der Waals surface area (Å²) in [6.07, 6.45) is 3.51. The molecular weight excluding hydrogens is 304 g/mol. The van der Waals surface area contributed by atoms with Gasteiger partial charge in [0.05, 0.1) is 0 Å². The second-order valence-electron chi connectivity index (χ2n) is 5.67. The highest BCUT2D eigenvalue weighted by molar-refractivity contribution is 5.59.